The maximum Gasteiger partial charge on any atom is 0.306 e. The van der Waals surface area contributed by atoms with Crippen molar-refractivity contribution in [3.05, 3.63) is 21.9 Å². The largest absolute Gasteiger partial charge is 0.481 e. The molecule has 1 aliphatic heterocycles. The van der Waals surface area contributed by atoms with Gasteiger partial charge in [-0.25, -0.2) is 0 Å². The Morgan fingerprint density at radius 2 is 2.32 bits per heavy atom. The van der Waals surface area contributed by atoms with Gasteiger partial charge in [0.1, 0.15) is 0 Å². The molecule has 4 heteroatoms. The molecule has 3 nitrogen and oxygen atoms in total. The number of rotatable bonds is 2. The molecule has 19 heavy (non-hydrogen) atoms. The third-order valence-corrected chi connectivity index (χ3v) is 5.71. The van der Waals surface area contributed by atoms with E-state index in [1.165, 1.54) is 24.8 Å². The molecule has 2 heterocycles. The maximum atomic E-state index is 11.2. The van der Waals surface area contributed by atoms with Gasteiger partial charge in [-0.1, -0.05) is 6.92 Å². The number of aryl methyl sites for hydroxylation is 1. The molecule has 1 fully saturated rings. The minimum absolute atomic E-state index is 0.151. The van der Waals surface area contributed by atoms with Crippen LogP contribution in [0.1, 0.15) is 42.7 Å². The first kappa shape index (κ1) is 13.1. The molecule has 1 aliphatic carbocycles. The lowest BCUT2D eigenvalue weighted by Gasteiger charge is -2.41. The van der Waals surface area contributed by atoms with Gasteiger partial charge in [0, 0.05) is 17.5 Å². The van der Waals surface area contributed by atoms with Crippen molar-refractivity contribution in [3.8, 4) is 0 Å². The van der Waals surface area contributed by atoms with Gasteiger partial charge in [-0.2, -0.15) is 0 Å². The Kier molecular flexibility index (Phi) is 3.63. The number of likely N-dealkylation sites (tertiary alicyclic amines) is 1. The van der Waals surface area contributed by atoms with Gasteiger partial charge in [-0.3, -0.25) is 9.69 Å². The zero-order chi connectivity index (χ0) is 13.4. The number of thiophene rings is 1. The van der Waals surface area contributed by atoms with Crippen LogP contribution in [0.2, 0.25) is 0 Å². The number of fused-ring (bicyclic) bond motifs is 1. The second-order valence-corrected chi connectivity index (χ2v) is 6.91. The Labute approximate surface area is 118 Å². The van der Waals surface area contributed by atoms with Crippen LogP contribution < -0.4 is 0 Å². The number of piperidine rings is 1. The summed E-state index contributed by atoms with van der Waals surface area (Å²) in [5, 5.41) is 11.4. The Bertz CT molecular complexity index is 470. The summed E-state index contributed by atoms with van der Waals surface area (Å²) in [6, 6.07) is 2.81. The number of aliphatic carboxylic acids is 1. The van der Waals surface area contributed by atoms with Crippen LogP contribution in [-0.2, 0) is 11.2 Å². The van der Waals surface area contributed by atoms with E-state index in [4.69, 9.17) is 0 Å². The van der Waals surface area contributed by atoms with E-state index in [1.54, 1.807) is 4.88 Å². The van der Waals surface area contributed by atoms with Crippen molar-refractivity contribution in [3.63, 3.8) is 0 Å². The Balaban J connectivity index is 1.74. The first-order valence-electron chi connectivity index (χ1n) is 7.20. The van der Waals surface area contributed by atoms with Gasteiger partial charge in [-0.15, -0.1) is 11.3 Å². The van der Waals surface area contributed by atoms with Crippen LogP contribution in [0.25, 0.3) is 0 Å². The van der Waals surface area contributed by atoms with Gasteiger partial charge >= 0.3 is 5.97 Å². The first-order chi connectivity index (χ1) is 9.16. The van der Waals surface area contributed by atoms with Crippen molar-refractivity contribution >= 4 is 17.3 Å². The smallest absolute Gasteiger partial charge is 0.306 e. The van der Waals surface area contributed by atoms with Crippen molar-refractivity contribution in [2.45, 2.75) is 38.6 Å². The van der Waals surface area contributed by atoms with Crippen LogP contribution in [0.3, 0.4) is 0 Å². The van der Waals surface area contributed by atoms with E-state index in [9.17, 15) is 9.90 Å². The van der Waals surface area contributed by atoms with Gasteiger partial charge in [0.05, 0.1) is 5.92 Å². The second kappa shape index (κ2) is 5.25. The minimum Gasteiger partial charge on any atom is -0.481 e. The van der Waals surface area contributed by atoms with Crippen molar-refractivity contribution in [1.82, 2.24) is 4.90 Å². The van der Waals surface area contributed by atoms with Crippen molar-refractivity contribution in [1.29, 1.82) is 0 Å². The quantitative estimate of drug-likeness (QED) is 0.904. The molecular formula is C15H21NO2S. The van der Waals surface area contributed by atoms with Crippen LogP contribution in [0, 0.1) is 11.8 Å². The summed E-state index contributed by atoms with van der Waals surface area (Å²) in [5.41, 5.74) is 1.51. The van der Waals surface area contributed by atoms with Crippen LogP contribution in [-0.4, -0.2) is 29.1 Å². The molecule has 0 radical (unpaired) electrons. The maximum absolute atomic E-state index is 11.2. The molecular weight excluding hydrogens is 258 g/mol. The number of carboxylic acid groups (broad SMARTS) is 1. The molecule has 0 aromatic carbocycles. The van der Waals surface area contributed by atoms with E-state index in [0.717, 1.165) is 19.5 Å². The number of hydrogen-bond acceptors (Lipinski definition) is 3. The van der Waals surface area contributed by atoms with Crippen LogP contribution in [0.15, 0.2) is 11.4 Å². The third-order valence-electron chi connectivity index (χ3n) is 4.71. The number of carbonyl (C=O) groups is 1. The zero-order valence-electron chi connectivity index (χ0n) is 11.3. The highest BCUT2D eigenvalue weighted by Gasteiger charge is 2.35. The lowest BCUT2D eigenvalue weighted by atomic mass is 9.84. The summed E-state index contributed by atoms with van der Waals surface area (Å²) in [6.07, 6.45) is 4.52. The summed E-state index contributed by atoms with van der Waals surface area (Å²) in [4.78, 5) is 15.3. The molecule has 0 saturated carbocycles. The average molecular weight is 279 g/mol. The molecule has 104 valence electrons. The van der Waals surface area contributed by atoms with Crippen molar-refractivity contribution in [2.24, 2.45) is 11.8 Å². The molecule has 1 aromatic heterocycles. The van der Waals surface area contributed by atoms with E-state index in [-0.39, 0.29) is 11.8 Å². The van der Waals surface area contributed by atoms with E-state index < -0.39 is 5.97 Å². The Hall–Kier alpha value is -0.870. The standard InChI is InChI=1S/C15H21NO2S/c1-10-9-16(7-5-11(10)15(17)18)13-3-2-4-14-12(13)6-8-19-14/h6,8,10-11,13H,2-5,7,9H2,1H3,(H,17,18). The fraction of sp³-hybridized carbons (Fsp3) is 0.667. The SMILES string of the molecule is CC1CN(C2CCCc3sccc32)CCC1C(=O)O. The monoisotopic (exact) mass is 279 g/mol. The molecule has 3 rings (SSSR count). The van der Waals surface area contributed by atoms with Gasteiger partial charge in [0.2, 0.25) is 0 Å². The van der Waals surface area contributed by atoms with Crippen LogP contribution >= 0.6 is 11.3 Å². The highest BCUT2D eigenvalue weighted by Crippen LogP contribution is 2.39. The first-order valence-corrected chi connectivity index (χ1v) is 8.08. The molecule has 3 atom stereocenters. The van der Waals surface area contributed by atoms with E-state index in [0.29, 0.717) is 6.04 Å². The molecule has 1 aromatic rings. The van der Waals surface area contributed by atoms with Gasteiger partial charge in [-0.05, 0) is 55.2 Å². The molecule has 1 N–H and O–H groups in total. The fourth-order valence-electron chi connectivity index (χ4n) is 3.67. The van der Waals surface area contributed by atoms with Crippen LogP contribution in [0.5, 0.6) is 0 Å². The number of carboxylic acids is 1. The Morgan fingerprint density at radius 1 is 1.47 bits per heavy atom. The molecule has 0 amide bonds. The highest BCUT2D eigenvalue weighted by atomic mass is 32.1. The van der Waals surface area contributed by atoms with E-state index >= 15 is 0 Å². The van der Waals surface area contributed by atoms with Crippen molar-refractivity contribution in [2.75, 3.05) is 13.1 Å². The topological polar surface area (TPSA) is 40.5 Å². The average Bonchev–Trinajstić information content (AvgIpc) is 2.86. The van der Waals surface area contributed by atoms with Gasteiger partial charge in [0.25, 0.3) is 0 Å². The summed E-state index contributed by atoms with van der Waals surface area (Å²) in [6.45, 7) is 3.94. The third kappa shape index (κ3) is 2.43. The summed E-state index contributed by atoms with van der Waals surface area (Å²) < 4.78 is 0. The molecule has 1 saturated heterocycles. The minimum atomic E-state index is -0.619. The van der Waals surface area contributed by atoms with Gasteiger partial charge in [0.15, 0.2) is 0 Å². The molecule has 0 bridgehead atoms. The zero-order valence-corrected chi connectivity index (χ0v) is 12.2. The molecule has 0 spiro atoms. The predicted octanol–water partition coefficient (Wildman–Crippen LogP) is 3.17. The normalized spacial score (nSPS) is 31.9. The Morgan fingerprint density at radius 3 is 3.05 bits per heavy atom. The molecule has 3 unspecified atom stereocenters. The lowest BCUT2D eigenvalue weighted by Crippen LogP contribution is -2.44. The predicted molar refractivity (Wildman–Crippen MR) is 76.5 cm³/mol. The van der Waals surface area contributed by atoms with Crippen molar-refractivity contribution < 1.29 is 9.90 Å². The summed E-state index contributed by atoms with van der Waals surface area (Å²) in [7, 11) is 0. The number of hydrogen-bond donors (Lipinski definition) is 1. The van der Waals surface area contributed by atoms with E-state index in [2.05, 4.69) is 23.3 Å². The fourth-order valence-corrected chi connectivity index (χ4v) is 4.65. The number of nitrogens with zero attached hydrogens (tertiary/aromatic N) is 1. The lowest BCUT2D eigenvalue weighted by molar-refractivity contribution is -0.145. The summed E-state index contributed by atoms with van der Waals surface area (Å²) >= 11 is 1.88. The van der Waals surface area contributed by atoms with Crippen LogP contribution in [0.4, 0.5) is 0 Å². The highest BCUT2D eigenvalue weighted by molar-refractivity contribution is 7.10. The van der Waals surface area contributed by atoms with E-state index in [1.807, 2.05) is 11.3 Å². The second-order valence-electron chi connectivity index (χ2n) is 5.91. The van der Waals surface area contributed by atoms with Gasteiger partial charge < -0.3 is 5.11 Å². The summed E-state index contributed by atoms with van der Waals surface area (Å²) in [5.74, 6) is -0.510. The molecule has 2 aliphatic rings.